The Balaban J connectivity index is 1.37. The maximum absolute atomic E-state index is 6.07. The molecule has 2 N–H and O–H groups in total. The van der Waals surface area contributed by atoms with Gasteiger partial charge in [-0.3, -0.25) is 0 Å². The molecule has 0 spiro atoms. The Kier molecular flexibility index (Phi) is 5.28. The summed E-state index contributed by atoms with van der Waals surface area (Å²) in [5, 5.41) is 5.80. The number of aromatic nitrogens is 3. The van der Waals surface area contributed by atoms with Crippen molar-refractivity contribution in [2.24, 2.45) is 0 Å². The van der Waals surface area contributed by atoms with E-state index >= 15 is 0 Å². The van der Waals surface area contributed by atoms with Crippen LogP contribution in [0.15, 0.2) is 61.1 Å². The lowest BCUT2D eigenvalue weighted by molar-refractivity contribution is 1.00. The Labute approximate surface area is 167 Å². The van der Waals surface area contributed by atoms with Gasteiger partial charge in [-0.25, -0.2) is 9.97 Å². The van der Waals surface area contributed by atoms with Crippen LogP contribution in [-0.2, 0) is 12.8 Å². The lowest BCUT2D eigenvalue weighted by Gasteiger charge is -2.07. The number of anilines is 1. The number of halogens is 2. The van der Waals surface area contributed by atoms with Crippen LogP contribution in [0.25, 0.3) is 11.0 Å². The van der Waals surface area contributed by atoms with Crippen molar-refractivity contribution in [2.45, 2.75) is 12.8 Å². The number of rotatable bonds is 6. The van der Waals surface area contributed by atoms with E-state index in [2.05, 4.69) is 26.3 Å². The zero-order valence-corrected chi connectivity index (χ0v) is 16.1. The van der Waals surface area contributed by atoms with E-state index in [1.165, 1.54) is 5.56 Å². The minimum atomic E-state index is 0.640. The molecule has 0 aliphatic heterocycles. The highest BCUT2D eigenvalue weighted by molar-refractivity contribution is 6.31. The van der Waals surface area contributed by atoms with Crippen molar-refractivity contribution >= 4 is 40.1 Å². The van der Waals surface area contributed by atoms with Crippen molar-refractivity contribution in [1.29, 1.82) is 0 Å². The molecule has 0 saturated carbocycles. The lowest BCUT2D eigenvalue weighted by atomic mass is 10.1. The van der Waals surface area contributed by atoms with Gasteiger partial charge in [0.05, 0.1) is 5.02 Å². The van der Waals surface area contributed by atoms with Gasteiger partial charge >= 0.3 is 0 Å². The molecule has 0 unspecified atom stereocenters. The summed E-state index contributed by atoms with van der Waals surface area (Å²) in [6.07, 6.45) is 7.23. The zero-order valence-electron chi connectivity index (χ0n) is 14.5. The first kappa shape index (κ1) is 17.8. The predicted octanol–water partition coefficient (Wildman–Crippen LogP) is 5.51. The molecule has 4 nitrogen and oxygen atoms in total. The molecule has 0 atom stereocenters. The van der Waals surface area contributed by atoms with Gasteiger partial charge in [0.25, 0.3) is 0 Å². The third kappa shape index (κ3) is 4.41. The Morgan fingerprint density at radius 3 is 2.48 bits per heavy atom. The van der Waals surface area contributed by atoms with Crippen LogP contribution in [-0.4, -0.2) is 21.5 Å². The summed E-state index contributed by atoms with van der Waals surface area (Å²) in [6.45, 7) is 0.820. The number of benzene rings is 1. The van der Waals surface area contributed by atoms with E-state index in [4.69, 9.17) is 23.2 Å². The molecule has 27 heavy (non-hydrogen) atoms. The smallest absolute Gasteiger partial charge is 0.137 e. The van der Waals surface area contributed by atoms with Gasteiger partial charge in [0, 0.05) is 42.0 Å². The molecular formula is C21H18Cl2N4. The van der Waals surface area contributed by atoms with Gasteiger partial charge in [-0.05, 0) is 47.4 Å². The maximum Gasteiger partial charge on any atom is 0.137 e. The second-order valence-corrected chi connectivity index (χ2v) is 7.27. The third-order valence-corrected chi connectivity index (χ3v) is 4.89. The zero-order chi connectivity index (χ0) is 18.6. The highest BCUT2D eigenvalue weighted by atomic mass is 35.5. The van der Waals surface area contributed by atoms with Crippen molar-refractivity contribution in [2.75, 3.05) is 11.9 Å². The highest BCUT2D eigenvalue weighted by Crippen LogP contribution is 2.22. The van der Waals surface area contributed by atoms with Crippen LogP contribution in [0.3, 0.4) is 0 Å². The van der Waals surface area contributed by atoms with E-state index < -0.39 is 0 Å². The van der Waals surface area contributed by atoms with Gasteiger partial charge < -0.3 is 10.3 Å². The molecule has 0 fully saturated rings. The molecule has 0 aliphatic rings. The van der Waals surface area contributed by atoms with Crippen molar-refractivity contribution in [3.05, 3.63) is 87.8 Å². The summed E-state index contributed by atoms with van der Waals surface area (Å²) >= 11 is 12.0. The van der Waals surface area contributed by atoms with E-state index in [0.29, 0.717) is 5.02 Å². The van der Waals surface area contributed by atoms with Gasteiger partial charge in [-0.15, -0.1) is 0 Å². The number of nitrogens with zero attached hydrogens (tertiary/aromatic N) is 2. The summed E-state index contributed by atoms with van der Waals surface area (Å²) < 4.78 is 0. The molecule has 6 heteroatoms. The fraction of sp³-hybridized carbons (Fsp3) is 0.143. The van der Waals surface area contributed by atoms with Crippen LogP contribution < -0.4 is 5.32 Å². The van der Waals surface area contributed by atoms with E-state index in [1.54, 1.807) is 6.20 Å². The van der Waals surface area contributed by atoms with Crippen molar-refractivity contribution in [3.8, 4) is 0 Å². The molecule has 0 aliphatic carbocycles. The van der Waals surface area contributed by atoms with Crippen LogP contribution in [0.1, 0.15) is 16.7 Å². The monoisotopic (exact) mass is 396 g/mol. The van der Waals surface area contributed by atoms with Gasteiger partial charge in [0.1, 0.15) is 11.5 Å². The second kappa shape index (κ2) is 7.99. The Morgan fingerprint density at radius 2 is 1.70 bits per heavy atom. The molecule has 0 amide bonds. The number of aromatic amines is 1. The van der Waals surface area contributed by atoms with Crippen molar-refractivity contribution in [1.82, 2.24) is 15.0 Å². The fourth-order valence-electron chi connectivity index (χ4n) is 3.02. The minimum absolute atomic E-state index is 0.640. The SMILES string of the molecule is Clc1ccc(CCNc2ccc(Cc3c[nH]c4ncc(Cl)cc34)cn2)cc1. The van der Waals surface area contributed by atoms with Crippen LogP contribution >= 0.6 is 23.2 Å². The molecule has 4 aromatic rings. The third-order valence-electron chi connectivity index (χ3n) is 4.44. The summed E-state index contributed by atoms with van der Waals surface area (Å²) in [5.41, 5.74) is 4.39. The summed E-state index contributed by atoms with van der Waals surface area (Å²) in [5.74, 6) is 0.872. The van der Waals surface area contributed by atoms with Crippen LogP contribution in [0.4, 0.5) is 5.82 Å². The first-order chi connectivity index (χ1) is 13.2. The minimum Gasteiger partial charge on any atom is -0.370 e. The van der Waals surface area contributed by atoms with E-state index in [9.17, 15) is 0 Å². The molecule has 0 radical (unpaired) electrons. The molecule has 3 aromatic heterocycles. The Hall–Kier alpha value is -2.56. The Bertz CT molecular complexity index is 1040. The maximum atomic E-state index is 6.07. The topological polar surface area (TPSA) is 53.6 Å². The van der Waals surface area contributed by atoms with Crippen LogP contribution in [0.5, 0.6) is 0 Å². The van der Waals surface area contributed by atoms with Crippen molar-refractivity contribution in [3.63, 3.8) is 0 Å². The molecule has 136 valence electrons. The van der Waals surface area contributed by atoms with Crippen LogP contribution in [0, 0.1) is 0 Å². The largest absolute Gasteiger partial charge is 0.370 e. The first-order valence-corrected chi connectivity index (χ1v) is 9.48. The lowest BCUT2D eigenvalue weighted by Crippen LogP contribution is -2.06. The molecular weight excluding hydrogens is 379 g/mol. The number of H-pyrrole nitrogens is 1. The number of pyridine rings is 2. The average Bonchev–Trinajstić information content (AvgIpc) is 3.07. The number of hydrogen-bond donors (Lipinski definition) is 2. The quantitative estimate of drug-likeness (QED) is 0.451. The molecule has 0 bridgehead atoms. The first-order valence-electron chi connectivity index (χ1n) is 8.72. The van der Waals surface area contributed by atoms with Crippen molar-refractivity contribution < 1.29 is 0 Å². The summed E-state index contributed by atoms with van der Waals surface area (Å²) in [4.78, 5) is 12.0. The predicted molar refractivity (Wildman–Crippen MR) is 112 cm³/mol. The van der Waals surface area contributed by atoms with Gasteiger partial charge in [0.2, 0.25) is 0 Å². The summed E-state index contributed by atoms with van der Waals surface area (Å²) in [6, 6.07) is 14.0. The Morgan fingerprint density at radius 1 is 0.889 bits per heavy atom. The fourth-order valence-corrected chi connectivity index (χ4v) is 3.30. The van der Waals surface area contributed by atoms with Gasteiger partial charge in [0.15, 0.2) is 0 Å². The standard InChI is InChI=1S/C21H18Cl2N4/c22-17-4-1-14(2-5-17)7-8-24-20-6-3-15(11-25-20)9-16-12-26-21-19(16)10-18(23)13-27-21/h1-6,10-13H,7-9H2,(H,24,25)(H,26,27). The number of nitrogens with one attached hydrogen (secondary N) is 2. The molecule has 1 aromatic carbocycles. The van der Waals surface area contributed by atoms with Crippen LogP contribution in [0.2, 0.25) is 10.0 Å². The molecule has 3 heterocycles. The number of fused-ring (bicyclic) bond motifs is 1. The van der Waals surface area contributed by atoms with E-state index in [0.717, 1.165) is 52.4 Å². The van der Waals surface area contributed by atoms with E-state index in [1.807, 2.05) is 48.8 Å². The van der Waals surface area contributed by atoms with Gasteiger partial charge in [-0.2, -0.15) is 0 Å². The number of hydrogen-bond acceptors (Lipinski definition) is 3. The average molecular weight is 397 g/mol. The highest BCUT2D eigenvalue weighted by Gasteiger charge is 2.07. The second-order valence-electron chi connectivity index (χ2n) is 6.40. The van der Waals surface area contributed by atoms with Gasteiger partial charge in [-0.1, -0.05) is 41.4 Å². The normalized spacial score (nSPS) is 11.0. The van der Waals surface area contributed by atoms with E-state index in [-0.39, 0.29) is 0 Å². The molecule has 4 rings (SSSR count). The summed E-state index contributed by atoms with van der Waals surface area (Å²) in [7, 11) is 0. The molecule has 0 saturated heterocycles.